The second kappa shape index (κ2) is 15.1. The van der Waals surface area contributed by atoms with Crippen LogP contribution in [0.4, 0.5) is 0 Å². The Hall–Kier alpha value is -1.96. The number of phenolic OH excluding ortho intramolecular Hbond substituents is 2. The van der Waals surface area contributed by atoms with Crippen LogP contribution in [-0.2, 0) is 12.8 Å². The highest BCUT2D eigenvalue weighted by Crippen LogP contribution is 2.18. The highest BCUT2D eigenvalue weighted by atomic mass is 16.3. The van der Waals surface area contributed by atoms with Gasteiger partial charge < -0.3 is 10.2 Å². The molecule has 0 heterocycles. The van der Waals surface area contributed by atoms with E-state index >= 15 is 0 Å². The summed E-state index contributed by atoms with van der Waals surface area (Å²) in [4.78, 5) is 0. The third-order valence-electron chi connectivity index (χ3n) is 4.80. The molecule has 0 aliphatic carbocycles. The van der Waals surface area contributed by atoms with Crippen molar-refractivity contribution in [1.29, 1.82) is 0 Å². The first-order chi connectivity index (χ1) is 13.2. The van der Waals surface area contributed by atoms with Gasteiger partial charge in [-0.25, -0.2) is 0 Å². The summed E-state index contributed by atoms with van der Waals surface area (Å²) in [5.74, 6) is 0.801. The van der Waals surface area contributed by atoms with Gasteiger partial charge in [0.1, 0.15) is 11.5 Å². The molecule has 2 rings (SSSR count). The molecule has 0 unspecified atom stereocenters. The fraction of sp³-hybridized carbons (Fsp3) is 0.520. The van der Waals surface area contributed by atoms with Crippen molar-refractivity contribution in [3.8, 4) is 11.5 Å². The largest absolute Gasteiger partial charge is 0.508 e. The summed E-state index contributed by atoms with van der Waals surface area (Å²) in [6, 6.07) is 15.1. The van der Waals surface area contributed by atoms with Crippen molar-refractivity contribution in [2.75, 3.05) is 0 Å². The molecule has 0 amide bonds. The van der Waals surface area contributed by atoms with Crippen molar-refractivity contribution in [2.24, 2.45) is 0 Å². The van der Waals surface area contributed by atoms with Crippen molar-refractivity contribution >= 4 is 0 Å². The van der Waals surface area contributed by atoms with Gasteiger partial charge in [0.25, 0.3) is 0 Å². The van der Waals surface area contributed by atoms with Crippen LogP contribution in [0.1, 0.15) is 82.8 Å². The molecule has 0 saturated carbocycles. The number of benzene rings is 2. The average molecular weight is 371 g/mol. The molecule has 0 spiro atoms. The van der Waals surface area contributed by atoms with Gasteiger partial charge in [0.2, 0.25) is 0 Å². The molecule has 0 bridgehead atoms. The van der Waals surface area contributed by atoms with Crippen LogP contribution >= 0.6 is 0 Å². The molecular formula is C25H38O2. The van der Waals surface area contributed by atoms with Gasteiger partial charge in [0.05, 0.1) is 0 Å². The SMILES string of the molecule is CCCCCCCCc1ccc(O)cc1.CCCCCc1ccccc1O. The molecular weight excluding hydrogens is 332 g/mol. The van der Waals surface area contributed by atoms with E-state index in [0.717, 1.165) is 18.4 Å². The highest BCUT2D eigenvalue weighted by molar-refractivity contribution is 5.31. The Bertz CT molecular complexity index is 590. The third kappa shape index (κ3) is 11.4. The molecule has 27 heavy (non-hydrogen) atoms. The number of hydrogen-bond donors (Lipinski definition) is 2. The lowest BCUT2D eigenvalue weighted by Crippen LogP contribution is -1.85. The van der Waals surface area contributed by atoms with Gasteiger partial charge in [-0.1, -0.05) is 89.1 Å². The van der Waals surface area contributed by atoms with Crippen molar-refractivity contribution in [3.05, 3.63) is 59.7 Å². The lowest BCUT2D eigenvalue weighted by molar-refractivity contribution is 0.466. The van der Waals surface area contributed by atoms with E-state index < -0.39 is 0 Å². The van der Waals surface area contributed by atoms with Crippen LogP contribution in [0.2, 0.25) is 0 Å². The van der Waals surface area contributed by atoms with Crippen LogP contribution in [0.25, 0.3) is 0 Å². The maximum Gasteiger partial charge on any atom is 0.118 e. The minimum atomic E-state index is 0.363. The molecule has 2 N–H and O–H groups in total. The molecule has 2 aromatic rings. The molecule has 0 atom stereocenters. The Balaban J connectivity index is 0.000000277. The molecule has 0 saturated heterocycles. The number of phenols is 2. The first-order valence-corrected chi connectivity index (χ1v) is 10.7. The van der Waals surface area contributed by atoms with Crippen LogP contribution in [-0.4, -0.2) is 10.2 Å². The second-order valence-corrected chi connectivity index (χ2v) is 7.27. The second-order valence-electron chi connectivity index (χ2n) is 7.27. The Kier molecular flexibility index (Phi) is 12.9. The molecule has 0 aliphatic heterocycles. The smallest absolute Gasteiger partial charge is 0.118 e. The third-order valence-corrected chi connectivity index (χ3v) is 4.80. The Labute approximate surface area is 166 Å². The number of para-hydroxylation sites is 1. The van der Waals surface area contributed by atoms with E-state index in [2.05, 4.69) is 13.8 Å². The van der Waals surface area contributed by atoms with E-state index in [0.29, 0.717) is 11.5 Å². The first kappa shape index (κ1) is 23.1. The summed E-state index contributed by atoms with van der Waals surface area (Å²) < 4.78 is 0. The number of rotatable bonds is 11. The predicted molar refractivity (Wildman–Crippen MR) is 117 cm³/mol. The van der Waals surface area contributed by atoms with Gasteiger partial charge in [-0.2, -0.15) is 0 Å². The zero-order valence-corrected chi connectivity index (χ0v) is 17.3. The number of hydrogen-bond acceptors (Lipinski definition) is 2. The van der Waals surface area contributed by atoms with Crippen LogP contribution in [0.3, 0.4) is 0 Å². The molecule has 150 valence electrons. The molecule has 2 aromatic carbocycles. The summed E-state index contributed by atoms with van der Waals surface area (Å²) in [5, 5.41) is 18.5. The van der Waals surface area contributed by atoms with Gasteiger partial charge in [0, 0.05) is 0 Å². The van der Waals surface area contributed by atoms with E-state index in [1.165, 1.54) is 63.4 Å². The van der Waals surface area contributed by atoms with Crippen LogP contribution in [0.15, 0.2) is 48.5 Å². The lowest BCUT2D eigenvalue weighted by atomic mass is 10.1. The van der Waals surface area contributed by atoms with Crippen molar-refractivity contribution in [1.82, 2.24) is 0 Å². The van der Waals surface area contributed by atoms with Crippen molar-refractivity contribution < 1.29 is 10.2 Å². The summed E-state index contributed by atoms with van der Waals surface area (Å²) >= 11 is 0. The Morgan fingerprint density at radius 2 is 1.15 bits per heavy atom. The monoisotopic (exact) mass is 370 g/mol. The fourth-order valence-corrected chi connectivity index (χ4v) is 3.06. The standard InChI is InChI=1S/C14H22O.C11H16O/c1-2-3-4-5-6-7-8-13-9-11-14(15)12-10-13;1-2-3-4-7-10-8-5-6-9-11(10)12/h9-12,15H,2-8H2,1H3;5-6,8-9,12H,2-4,7H2,1H3. The normalized spacial score (nSPS) is 10.3. The number of aryl methyl sites for hydroxylation is 2. The maximum atomic E-state index is 9.41. The Morgan fingerprint density at radius 3 is 1.81 bits per heavy atom. The summed E-state index contributed by atoms with van der Waals surface area (Å²) in [6.07, 6.45) is 13.8. The van der Waals surface area contributed by atoms with E-state index in [9.17, 15) is 5.11 Å². The number of unbranched alkanes of at least 4 members (excludes halogenated alkanes) is 7. The van der Waals surface area contributed by atoms with Gasteiger partial charge in [-0.05, 0) is 55.0 Å². The minimum Gasteiger partial charge on any atom is -0.508 e. The maximum absolute atomic E-state index is 9.41. The molecule has 2 nitrogen and oxygen atoms in total. The van der Waals surface area contributed by atoms with Crippen LogP contribution in [0.5, 0.6) is 11.5 Å². The predicted octanol–water partition coefficient (Wildman–Crippen LogP) is 7.42. The first-order valence-electron chi connectivity index (χ1n) is 10.7. The van der Waals surface area contributed by atoms with Gasteiger partial charge in [-0.15, -0.1) is 0 Å². The van der Waals surface area contributed by atoms with Gasteiger partial charge in [-0.3, -0.25) is 0 Å². The molecule has 0 aliphatic rings. The van der Waals surface area contributed by atoms with Gasteiger partial charge >= 0.3 is 0 Å². The molecule has 2 heteroatoms. The fourth-order valence-electron chi connectivity index (χ4n) is 3.06. The van der Waals surface area contributed by atoms with E-state index in [-0.39, 0.29) is 0 Å². The number of aromatic hydroxyl groups is 2. The Morgan fingerprint density at radius 1 is 0.593 bits per heavy atom. The van der Waals surface area contributed by atoms with E-state index in [1.54, 1.807) is 18.2 Å². The molecule has 0 aromatic heterocycles. The summed E-state index contributed by atoms with van der Waals surface area (Å²) in [7, 11) is 0. The summed E-state index contributed by atoms with van der Waals surface area (Å²) in [5.41, 5.74) is 2.41. The van der Waals surface area contributed by atoms with Gasteiger partial charge in [0.15, 0.2) is 0 Å². The van der Waals surface area contributed by atoms with Crippen molar-refractivity contribution in [2.45, 2.75) is 84.5 Å². The van der Waals surface area contributed by atoms with E-state index in [1.807, 2.05) is 30.3 Å². The quantitative estimate of drug-likeness (QED) is 0.404. The average Bonchev–Trinajstić information content (AvgIpc) is 2.68. The topological polar surface area (TPSA) is 40.5 Å². The highest BCUT2D eigenvalue weighted by Gasteiger charge is 1.97. The zero-order chi connectivity index (χ0) is 19.7. The minimum absolute atomic E-state index is 0.363. The van der Waals surface area contributed by atoms with E-state index in [4.69, 9.17) is 5.11 Å². The summed E-state index contributed by atoms with van der Waals surface area (Å²) in [6.45, 7) is 4.43. The van der Waals surface area contributed by atoms with Crippen LogP contribution in [0, 0.1) is 0 Å². The van der Waals surface area contributed by atoms with Crippen LogP contribution < -0.4 is 0 Å². The molecule has 0 radical (unpaired) electrons. The lowest BCUT2D eigenvalue weighted by Gasteiger charge is -2.02. The zero-order valence-electron chi connectivity index (χ0n) is 17.3. The molecule has 0 fully saturated rings. The van der Waals surface area contributed by atoms with Crippen molar-refractivity contribution in [3.63, 3.8) is 0 Å².